The number of aromatic amines is 1. The van der Waals surface area contributed by atoms with E-state index in [4.69, 9.17) is 14.0 Å². The Hall–Kier alpha value is -2.88. The summed E-state index contributed by atoms with van der Waals surface area (Å²) >= 11 is 0. The summed E-state index contributed by atoms with van der Waals surface area (Å²) in [5.74, 6) is 0.951. The number of morpholine rings is 1. The Labute approximate surface area is 180 Å². The normalized spacial score (nSPS) is 23.0. The number of anilines is 1. The van der Waals surface area contributed by atoms with Gasteiger partial charge in [0, 0.05) is 30.3 Å². The first kappa shape index (κ1) is 21.4. The minimum absolute atomic E-state index is 0.0996. The number of rotatable bonds is 5. The van der Waals surface area contributed by atoms with Crippen LogP contribution in [0, 0.1) is 6.92 Å². The lowest BCUT2D eigenvalue weighted by molar-refractivity contribution is -0.115. The third kappa shape index (κ3) is 5.07. The molecule has 2 N–H and O–H groups in total. The van der Waals surface area contributed by atoms with Crippen molar-refractivity contribution in [1.82, 2.24) is 20.3 Å². The highest BCUT2D eigenvalue weighted by molar-refractivity contribution is 5.91. The molecular weight excluding hydrogens is 402 g/mol. The lowest BCUT2D eigenvalue weighted by Gasteiger charge is -2.41. The molecule has 0 radical (unpaired) electrons. The molecule has 2 aromatic heterocycles. The van der Waals surface area contributed by atoms with Gasteiger partial charge in [-0.25, -0.2) is 4.79 Å². The van der Waals surface area contributed by atoms with Gasteiger partial charge in [0.15, 0.2) is 5.82 Å². The number of hydrogen-bond acceptors (Lipinski definition) is 7. The largest absolute Gasteiger partial charge is 0.446 e. The van der Waals surface area contributed by atoms with Gasteiger partial charge >= 0.3 is 6.09 Å². The average molecular weight is 431 g/mol. The summed E-state index contributed by atoms with van der Waals surface area (Å²) in [5, 5.41) is 13.7. The molecule has 3 heterocycles. The summed E-state index contributed by atoms with van der Waals surface area (Å²) in [6.45, 7) is 7.35. The molecule has 10 nitrogen and oxygen atoms in total. The molecule has 0 spiro atoms. The van der Waals surface area contributed by atoms with Crippen molar-refractivity contribution in [3.63, 3.8) is 0 Å². The molecule has 31 heavy (non-hydrogen) atoms. The number of carbonyl (C=O) groups excluding carboxylic acids is 2. The van der Waals surface area contributed by atoms with E-state index in [2.05, 4.69) is 20.7 Å². The van der Waals surface area contributed by atoms with Gasteiger partial charge in [-0.2, -0.15) is 5.10 Å². The maximum atomic E-state index is 12.7. The van der Waals surface area contributed by atoms with Gasteiger partial charge in [0.1, 0.15) is 11.9 Å². The van der Waals surface area contributed by atoms with Crippen LogP contribution >= 0.6 is 0 Å². The number of carbonyl (C=O) groups is 2. The van der Waals surface area contributed by atoms with E-state index in [9.17, 15) is 9.59 Å². The van der Waals surface area contributed by atoms with Crippen LogP contribution in [0.2, 0.25) is 0 Å². The first-order chi connectivity index (χ1) is 14.8. The van der Waals surface area contributed by atoms with E-state index >= 15 is 0 Å². The standard InChI is InChI=1S/C21H29N5O5/c1-13-8-16(31-25-13)10-19(27)22-18-11-17(23-24-18)14-4-5-15(9-14)30-20(28)26-6-7-29-12-21(26,2)3/h8,11,14-15H,4-7,9-10,12H2,1-3H3,(H2,22,23,24,27). The van der Waals surface area contributed by atoms with Gasteiger partial charge in [0.2, 0.25) is 5.91 Å². The van der Waals surface area contributed by atoms with Crippen molar-refractivity contribution in [3.8, 4) is 0 Å². The van der Waals surface area contributed by atoms with Gasteiger partial charge in [-0.3, -0.25) is 14.8 Å². The molecule has 0 bridgehead atoms. The fraction of sp³-hybridized carbons (Fsp3) is 0.619. The highest BCUT2D eigenvalue weighted by Crippen LogP contribution is 2.36. The van der Waals surface area contributed by atoms with Crippen LogP contribution in [0.25, 0.3) is 0 Å². The Morgan fingerprint density at radius 1 is 1.35 bits per heavy atom. The van der Waals surface area contributed by atoms with Crippen LogP contribution in [0.5, 0.6) is 0 Å². The van der Waals surface area contributed by atoms with Crippen LogP contribution in [0.3, 0.4) is 0 Å². The van der Waals surface area contributed by atoms with E-state index < -0.39 is 0 Å². The van der Waals surface area contributed by atoms with Gasteiger partial charge < -0.3 is 19.3 Å². The summed E-state index contributed by atoms with van der Waals surface area (Å²) in [6, 6.07) is 3.57. The summed E-state index contributed by atoms with van der Waals surface area (Å²) < 4.78 is 16.3. The monoisotopic (exact) mass is 431 g/mol. The fourth-order valence-electron chi connectivity index (χ4n) is 4.19. The number of aryl methyl sites for hydroxylation is 1. The minimum atomic E-state index is -0.367. The number of hydrogen-bond donors (Lipinski definition) is 2. The quantitative estimate of drug-likeness (QED) is 0.746. The Morgan fingerprint density at radius 3 is 2.94 bits per heavy atom. The Morgan fingerprint density at radius 2 is 2.19 bits per heavy atom. The van der Waals surface area contributed by atoms with E-state index in [1.54, 1.807) is 17.9 Å². The molecule has 0 aromatic carbocycles. The predicted molar refractivity (Wildman–Crippen MR) is 111 cm³/mol. The molecule has 2 unspecified atom stereocenters. The summed E-state index contributed by atoms with van der Waals surface area (Å²) in [4.78, 5) is 26.6. The van der Waals surface area contributed by atoms with Crippen LogP contribution in [0.1, 0.15) is 56.2 Å². The maximum absolute atomic E-state index is 12.7. The molecule has 2 aliphatic rings. The zero-order valence-electron chi connectivity index (χ0n) is 18.1. The van der Waals surface area contributed by atoms with Crippen molar-refractivity contribution in [2.75, 3.05) is 25.1 Å². The van der Waals surface area contributed by atoms with Crippen molar-refractivity contribution in [1.29, 1.82) is 0 Å². The van der Waals surface area contributed by atoms with Crippen molar-refractivity contribution < 1.29 is 23.6 Å². The second-order valence-corrected chi connectivity index (χ2v) is 8.90. The van der Waals surface area contributed by atoms with Crippen LogP contribution in [-0.2, 0) is 20.7 Å². The molecule has 1 aliphatic heterocycles. The van der Waals surface area contributed by atoms with Gasteiger partial charge in [0.05, 0.1) is 30.9 Å². The second kappa shape index (κ2) is 8.70. The highest BCUT2D eigenvalue weighted by Gasteiger charge is 2.37. The molecule has 2 amide bonds. The van der Waals surface area contributed by atoms with Crippen LogP contribution in [0.15, 0.2) is 16.7 Å². The lowest BCUT2D eigenvalue weighted by atomic mass is 10.0. The zero-order chi connectivity index (χ0) is 22.0. The van der Waals surface area contributed by atoms with Gasteiger partial charge in [-0.15, -0.1) is 0 Å². The number of H-pyrrole nitrogens is 1. The minimum Gasteiger partial charge on any atom is -0.446 e. The third-order valence-corrected chi connectivity index (χ3v) is 5.83. The molecule has 1 saturated carbocycles. The zero-order valence-corrected chi connectivity index (χ0v) is 18.1. The van der Waals surface area contributed by atoms with Crippen LogP contribution in [-0.4, -0.2) is 63.7 Å². The van der Waals surface area contributed by atoms with Crippen molar-refractivity contribution in [2.24, 2.45) is 0 Å². The lowest BCUT2D eigenvalue weighted by Crippen LogP contribution is -2.56. The number of ether oxygens (including phenoxy) is 2. The smallest absolute Gasteiger partial charge is 0.410 e. The third-order valence-electron chi connectivity index (χ3n) is 5.83. The molecule has 2 aromatic rings. The maximum Gasteiger partial charge on any atom is 0.410 e. The average Bonchev–Trinajstić information content (AvgIpc) is 3.43. The Balaban J connectivity index is 1.28. The molecule has 2 fully saturated rings. The summed E-state index contributed by atoms with van der Waals surface area (Å²) in [6.07, 6.45) is 2.10. The second-order valence-electron chi connectivity index (χ2n) is 8.90. The molecule has 4 rings (SSSR count). The number of amides is 2. The topological polar surface area (TPSA) is 123 Å². The van der Waals surface area contributed by atoms with E-state index in [1.807, 2.05) is 19.9 Å². The van der Waals surface area contributed by atoms with E-state index in [-0.39, 0.29) is 36.0 Å². The van der Waals surface area contributed by atoms with Crippen LogP contribution in [0.4, 0.5) is 10.6 Å². The van der Waals surface area contributed by atoms with Crippen molar-refractivity contribution in [2.45, 2.75) is 64.0 Å². The molecule has 1 saturated heterocycles. The van der Waals surface area contributed by atoms with Gasteiger partial charge in [-0.1, -0.05) is 5.16 Å². The molecule has 168 valence electrons. The Kier molecular flexibility index (Phi) is 5.99. The highest BCUT2D eigenvalue weighted by atomic mass is 16.6. The predicted octanol–water partition coefficient (Wildman–Crippen LogP) is 2.77. The number of nitrogens with one attached hydrogen (secondary N) is 2. The first-order valence-corrected chi connectivity index (χ1v) is 10.6. The van der Waals surface area contributed by atoms with Crippen LogP contribution < -0.4 is 5.32 Å². The summed E-state index contributed by atoms with van der Waals surface area (Å²) in [5.41, 5.74) is 1.29. The molecule has 10 heteroatoms. The van der Waals surface area contributed by atoms with E-state index in [0.29, 0.717) is 31.3 Å². The summed E-state index contributed by atoms with van der Waals surface area (Å²) in [7, 11) is 0. The SMILES string of the molecule is Cc1cc(CC(=O)Nc2cc(C3CCC(OC(=O)N4CCOCC4(C)C)C3)[nH]n2)on1. The fourth-order valence-corrected chi connectivity index (χ4v) is 4.19. The Bertz CT molecular complexity index is 936. The molecule has 2 atom stereocenters. The van der Waals surface area contributed by atoms with Gasteiger partial charge in [-0.05, 0) is 40.0 Å². The number of nitrogens with zero attached hydrogens (tertiary/aromatic N) is 3. The first-order valence-electron chi connectivity index (χ1n) is 10.6. The van der Waals surface area contributed by atoms with Gasteiger partial charge in [0.25, 0.3) is 0 Å². The van der Waals surface area contributed by atoms with E-state index in [1.165, 1.54) is 0 Å². The molecular formula is C21H29N5O5. The molecule has 1 aliphatic carbocycles. The van der Waals surface area contributed by atoms with E-state index in [0.717, 1.165) is 30.7 Å². The van der Waals surface area contributed by atoms with Crippen molar-refractivity contribution >= 4 is 17.8 Å². The number of aromatic nitrogens is 3. The van der Waals surface area contributed by atoms with Crippen molar-refractivity contribution in [3.05, 3.63) is 29.3 Å².